The Labute approximate surface area is 169 Å². The van der Waals surface area contributed by atoms with E-state index in [4.69, 9.17) is 0 Å². The molecule has 6 nitrogen and oxygen atoms in total. The molecule has 7 heteroatoms. The summed E-state index contributed by atoms with van der Waals surface area (Å²) in [5, 5.41) is 15.1. The van der Waals surface area contributed by atoms with Crippen LogP contribution in [0.4, 0.5) is 0 Å². The van der Waals surface area contributed by atoms with E-state index >= 15 is 0 Å². The van der Waals surface area contributed by atoms with Crippen LogP contribution >= 0.6 is 24.0 Å². The maximum atomic E-state index is 4.67. The Bertz CT molecular complexity index is 564. The van der Waals surface area contributed by atoms with Crippen LogP contribution in [-0.2, 0) is 13.6 Å². The molecule has 1 heterocycles. The van der Waals surface area contributed by atoms with Crippen LogP contribution in [0, 0.1) is 6.92 Å². The molecule has 1 aliphatic carbocycles. The summed E-state index contributed by atoms with van der Waals surface area (Å²) in [6, 6.07) is 0. The third-order valence-electron chi connectivity index (χ3n) is 4.51. The largest absolute Gasteiger partial charge is 0.356 e. The lowest BCUT2D eigenvalue weighted by atomic mass is 9.97. The summed E-state index contributed by atoms with van der Waals surface area (Å²) < 4.78 is 1.99. The number of hydrogen-bond acceptors (Lipinski definition) is 3. The number of hydrogen-bond donors (Lipinski definition) is 2. The van der Waals surface area contributed by atoms with E-state index in [1.54, 1.807) is 5.57 Å². The summed E-state index contributed by atoms with van der Waals surface area (Å²) in [6.45, 7) is 6.58. The van der Waals surface area contributed by atoms with Crippen molar-refractivity contribution >= 4 is 29.9 Å². The number of guanidine groups is 1. The van der Waals surface area contributed by atoms with Crippen LogP contribution in [0.15, 0.2) is 16.6 Å². The first-order valence-corrected chi connectivity index (χ1v) is 9.25. The van der Waals surface area contributed by atoms with Crippen molar-refractivity contribution in [3.05, 3.63) is 23.3 Å². The number of halogens is 1. The van der Waals surface area contributed by atoms with E-state index in [2.05, 4.69) is 38.8 Å². The van der Waals surface area contributed by atoms with E-state index in [0.29, 0.717) is 6.54 Å². The van der Waals surface area contributed by atoms with Crippen LogP contribution in [0.3, 0.4) is 0 Å². The summed E-state index contributed by atoms with van der Waals surface area (Å²) in [5.74, 6) is 2.68. The number of aliphatic imine (C=N–C) groups is 1. The minimum absolute atomic E-state index is 0. The minimum atomic E-state index is 0. The minimum Gasteiger partial charge on any atom is -0.356 e. The predicted octanol–water partition coefficient (Wildman–Crippen LogP) is 3.47. The van der Waals surface area contributed by atoms with Gasteiger partial charge in [0, 0.05) is 20.1 Å². The summed E-state index contributed by atoms with van der Waals surface area (Å²) in [7, 11) is 1.98. The summed E-state index contributed by atoms with van der Waals surface area (Å²) in [4.78, 5) is 4.67. The first-order valence-electron chi connectivity index (χ1n) is 9.25. The van der Waals surface area contributed by atoms with E-state index in [1.165, 1.54) is 32.1 Å². The molecule has 2 rings (SSSR count). The molecule has 1 aromatic rings. The quantitative estimate of drug-likeness (QED) is 0.205. The Kier molecular flexibility index (Phi) is 10.8. The molecule has 1 aromatic heterocycles. The van der Waals surface area contributed by atoms with Crippen LogP contribution in [0.2, 0.25) is 0 Å². The van der Waals surface area contributed by atoms with Gasteiger partial charge in [-0.15, -0.1) is 34.2 Å². The lowest BCUT2D eigenvalue weighted by Crippen LogP contribution is -2.38. The molecule has 2 N–H and O–H groups in total. The van der Waals surface area contributed by atoms with Crippen LogP contribution < -0.4 is 10.6 Å². The zero-order valence-electron chi connectivity index (χ0n) is 15.8. The molecule has 0 saturated carbocycles. The highest BCUT2D eigenvalue weighted by atomic mass is 127. The van der Waals surface area contributed by atoms with Crippen molar-refractivity contribution < 1.29 is 0 Å². The van der Waals surface area contributed by atoms with Crippen molar-refractivity contribution in [2.75, 3.05) is 13.1 Å². The average molecular weight is 460 g/mol. The number of allylic oxidation sites excluding steroid dienone is 1. The fourth-order valence-corrected chi connectivity index (χ4v) is 2.77. The molecule has 0 atom stereocenters. The Hall–Kier alpha value is -1.12. The molecule has 0 aromatic carbocycles. The van der Waals surface area contributed by atoms with Gasteiger partial charge in [-0.3, -0.25) is 0 Å². The number of rotatable bonds is 8. The number of nitrogens with zero attached hydrogens (tertiary/aromatic N) is 4. The van der Waals surface area contributed by atoms with Crippen molar-refractivity contribution in [1.82, 2.24) is 25.4 Å². The van der Waals surface area contributed by atoms with Crippen LogP contribution in [0.1, 0.15) is 63.5 Å². The van der Waals surface area contributed by atoms with Crippen molar-refractivity contribution in [3.63, 3.8) is 0 Å². The Morgan fingerprint density at radius 1 is 1.24 bits per heavy atom. The monoisotopic (exact) mass is 460 g/mol. The summed E-state index contributed by atoms with van der Waals surface area (Å²) in [5.41, 5.74) is 1.59. The molecule has 0 spiro atoms. The van der Waals surface area contributed by atoms with E-state index in [0.717, 1.165) is 43.5 Å². The van der Waals surface area contributed by atoms with Crippen LogP contribution in [0.25, 0.3) is 0 Å². The Balaban J connectivity index is 0.00000312. The molecule has 0 amide bonds. The van der Waals surface area contributed by atoms with E-state index in [1.807, 2.05) is 18.5 Å². The normalized spacial score (nSPS) is 14.7. The topological polar surface area (TPSA) is 67.1 Å². The maximum absolute atomic E-state index is 4.67. The van der Waals surface area contributed by atoms with Crippen molar-refractivity contribution in [3.8, 4) is 0 Å². The lowest BCUT2D eigenvalue weighted by Gasteiger charge is -2.15. The number of unbranched alkanes of at least 4 members (excludes halogenated alkanes) is 1. The lowest BCUT2D eigenvalue weighted by molar-refractivity contribution is 0.661. The Morgan fingerprint density at radius 2 is 2.04 bits per heavy atom. The van der Waals surface area contributed by atoms with E-state index in [9.17, 15) is 0 Å². The Morgan fingerprint density at radius 3 is 2.68 bits per heavy atom. The van der Waals surface area contributed by atoms with Crippen LogP contribution in [-0.4, -0.2) is 33.8 Å². The van der Waals surface area contributed by atoms with Gasteiger partial charge in [0.15, 0.2) is 11.8 Å². The van der Waals surface area contributed by atoms with Crippen molar-refractivity contribution in [2.45, 2.75) is 65.3 Å². The van der Waals surface area contributed by atoms with Crippen molar-refractivity contribution in [1.29, 1.82) is 0 Å². The molecule has 0 unspecified atom stereocenters. The van der Waals surface area contributed by atoms with Gasteiger partial charge in [0.1, 0.15) is 12.4 Å². The fourth-order valence-electron chi connectivity index (χ4n) is 2.77. The maximum Gasteiger partial charge on any atom is 0.191 e. The highest BCUT2D eigenvalue weighted by Crippen LogP contribution is 2.19. The zero-order chi connectivity index (χ0) is 17.2. The SMILES string of the molecule is CCCCNC(=NCc1nnc(C)n1C)NCCC1=CCCCC1.I. The highest BCUT2D eigenvalue weighted by Gasteiger charge is 2.06. The second kappa shape index (κ2) is 12.3. The third kappa shape index (κ3) is 7.75. The second-order valence-electron chi connectivity index (χ2n) is 6.45. The highest BCUT2D eigenvalue weighted by molar-refractivity contribution is 14.0. The molecule has 0 bridgehead atoms. The first kappa shape index (κ1) is 21.9. The average Bonchev–Trinajstić information content (AvgIpc) is 2.92. The van der Waals surface area contributed by atoms with Gasteiger partial charge < -0.3 is 15.2 Å². The van der Waals surface area contributed by atoms with Gasteiger partial charge in [0.05, 0.1) is 0 Å². The fraction of sp³-hybridized carbons (Fsp3) is 0.722. The first-order chi connectivity index (χ1) is 11.7. The van der Waals surface area contributed by atoms with Crippen LogP contribution in [0.5, 0.6) is 0 Å². The van der Waals surface area contributed by atoms with E-state index < -0.39 is 0 Å². The van der Waals surface area contributed by atoms with E-state index in [-0.39, 0.29) is 24.0 Å². The molecule has 0 aliphatic heterocycles. The molecule has 0 radical (unpaired) electrons. The number of aromatic nitrogens is 3. The van der Waals surface area contributed by atoms with Gasteiger partial charge >= 0.3 is 0 Å². The van der Waals surface area contributed by atoms with Gasteiger partial charge in [-0.2, -0.15) is 0 Å². The summed E-state index contributed by atoms with van der Waals surface area (Å²) in [6.07, 6.45) is 11.0. The molecule has 0 fully saturated rings. The second-order valence-corrected chi connectivity index (χ2v) is 6.45. The third-order valence-corrected chi connectivity index (χ3v) is 4.51. The zero-order valence-corrected chi connectivity index (χ0v) is 18.2. The van der Waals surface area contributed by atoms with Gasteiger partial charge in [0.25, 0.3) is 0 Å². The molecule has 25 heavy (non-hydrogen) atoms. The van der Waals surface area contributed by atoms with Crippen molar-refractivity contribution in [2.24, 2.45) is 12.0 Å². The van der Waals surface area contributed by atoms with Gasteiger partial charge in [-0.05, 0) is 45.4 Å². The summed E-state index contributed by atoms with van der Waals surface area (Å²) >= 11 is 0. The van der Waals surface area contributed by atoms with Gasteiger partial charge in [-0.1, -0.05) is 25.0 Å². The molecular weight excluding hydrogens is 427 g/mol. The van der Waals surface area contributed by atoms with Gasteiger partial charge in [0.2, 0.25) is 0 Å². The number of nitrogens with one attached hydrogen (secondary N) is 2. The molecule has 142 valence electrons. The number of aryl methyl sites for hydroxylation is 1. The molecular formula is C18H33IN6. The molecule has 1 aliphatic rings. The standard InChI is InChI=1S/C18H32N6.HI/c1-4-5-12-19-18(20-13-11-16-9-7-6-8-10-16)21-14-17-23-22-15(2)24(17)3;/h9H,4-8,10-14H2,1-3H3,(H2,19,20,21);1H. The molecule has 0 saturated heterocycles. The smallest absolute Gasteiger partial charge is 0.191 e. The predicted molar refractivity (Wildman–Crippen MR) is 114 cm³/mol. The van der Waals surface area contributed by atoms with Gasteiger partial charge in [-0.25, -0.2) is 4.99 Å².